The molecule has 0 aromatic heterocycles. The molecule has 0 amide bonds. The van der Waals surface area contributed by atoms with Gasteiger partial charge >= 0.3 is 0 Å². The van der Waals surface area contributed by atoms with Crippen LogP contribution in [-0.2, 0) is 14.9 Å². The minimum Gasteiger partial charge on any atom is -0.372 e. The van der Waals surface area contributed by atoms with E-state index in [1.807, 2.05) is 0 Å². The highest BCUT2D eigenvalue weighted by Gasteiger charge is 2.40. The number of ether oxygens (including phenoxy) is 1. The van der Waals surface area contributed by atoms with Crippen LogP contribution in [0.5, 0.6) is 0 Å². The van der Waals surface area contributed by atoms with Gasteiger partial charge in [-0.2, -0.15) is 17.0 Å². The lowest BCUT2D eigenvalue weighted by Gasteiger charge is -2.33. The van der Waals surface area contributed by atoms with Crippen LogP contribution in [-0.4, -0.2) is 69.0 Å². The van der Waals surface area contributed by atoms with Crippen molar-refractivity contribution in [1.29, 1.82) is 0 Å². The van der Waals surface area contributed by atoms with Crippen molar-refractivity contribution in [2.75, 3.05) is 39.8 Å². The first-order valence-corrected chi connectivity index (χ1v) is 9.01. The second-order valence-electron chi connectivity index (χ2n) is 5.71. The van der Waals surface area contributed by atoms with Gasteiger partial charge in [0.25, 0.3) is 10.2 Å². The van der Waals surface area contributed by atoms with Crippen molar-refractivity contribution in [3.8, 4) is 0 Å². The molecule has 7 heteroatoms. The SMILES string of the molecule is CCCNCCCN(C)S(=O)(=O)N1CC2CCC(C1)O2. The van der Waals surface area contributed by atoms with Gasteiger partial charge in [0, 0.05) is 26.7 Å². The van der Waals surface area contributed by atoms with Gasteiger partial charge in [-0.1, -0.05) is 6.92 Å². The predicted molar refractivity (Wildman–Crippen MR) is 78.8 cm³/mol. The smallest absolute Gasteiger partial charge is 0.281 e. The highest BCUT2D eigenvalue weighted by Crippen LogP contribution is 2.28. The summed E-state index contributed by atoms with van der Waals surface area (Å²) in [5.41, 5.74) is 0. The normalized spacial score (nSPS) is 27.4. The van der Waals surface area contributed by atoms with Crippen LogP contribution in [0.1, 0.15) is 32.6 Å². The molecule has 20 heavy (non-hydrogen) atoms. The maximum atomic E-state index is 12.5. The fraction of sp³-hybridized carbons (Fsp3) is 1.00. The lowest BCUT2D eigenvalue weighted by Crippen LogP contribution is -2.50. The third-order valence-electron chi connectivity index (χ3n) is 3.98. The van der Waals surface area contributed by atoms with E-state index in [9.17, 15) is 8.42 Å². The Kier molecular flexibility index (Phi) is 5.80. The molecular formula is C13H27N3O3S. The van der Waals surface area contributed by atoms with Gasteiger partial charge in [-0.25, -0.2) is 0 Å². The molecule has 2 rings (SSSR count). The van der Waals surface area contributed by atoms with Crippen LogP contribution in [0.4, 0.5) is 0 Å². The van der Waals surface area contributed by atoms with Gasteiger partial charge in [-0.05, 0) is 38.8 Å². The van der Waals surface area contributed by atoms with Gasteiger partial charge in [0.05, 0.1) is 12.2 Å². The van der Waals surface area contributed by atoms with Gasteiger partial charge in [0.2, 0.25) is 0 Å². The fourth-order valence-electron chi connectivity index (χ4n) is 2.81. The zero-order valence-electron chi connectivity index (χ0n) is 12.5. The number of rotatable bonds is 8. The third kappa shape index (κ3) is 3.92. The molecule has 2 saturated heterocycles. The van der Waals surface area contributed by atoms with Crippen molar-refractivity contribution >= 4 is 10.2 Å². The van der Waals surface area contributed by atoms with Crippen molar-refractivity contribution < 1.29 is 13.2 Å². The van der Waals surface area contributed by atoms with Crippen LogP contribution in [0.2, 0.25) is 0 Å². The Morgan fingerprint density at radius 2 is 1.90 bits per heavy atom. The van der Waals surface area contributed by atoms with Gasteiger partial charge in [0.15, 0.2) is 0 Å². The molecule has 0 radical (unpaired) electrons. The Balaban J connectivity index is 1.80. The van der Waals surface area contributed by atoms with Crippen LogP contribution in [0.3, 0.4) is 0 Å². The lowest BCUT2D eigenvalue weighted by atomic mass is 10.2. The molecule has 6 nitrogen and oxygen atoms in total. The summed E-state index contributed by atoms with van der Waals surface area (Å²) in [4.78, 5) is 0. The average Bonchev–Trinajstić information content (AvgIpc) is 2.76. The Morgan fingerprint density at radius 1 is 1.25 bits per heavy atom. The molecule has 2 aliphatic heterocycles. The minimum atomic E-state index is -3.32. The van der Waals surface area contributed by atoms with Crippen molar-refractivity contribution in [3.05, 3.63) is 0 Å². The summed E-state index contributed by atoms with van der Waals surface area (Å²) in [7, 11) is -1.65. The molecular weight excluding hydrogens is 278 g/mol. The first-order chi connectivity index (χ1) is 9.54. The second kappa shape index (κ2) is 7.17. The third-order valence-corrected chi connectivity index (χ3v) is 5.90. The molecule has 0 saturated carbocycles. The van der Waals surface area contributed by atoms with E-state index in [1.165, 1.54) is 4.31 Å². The van der Waals surface area contributed by atoms with Crippen LogP contribution >= 0.6 is 0 Å². The van der Waals surface area contributed by atoms with E-state index in [1.54, 1.807) is 11.4 Å². The zero-order chi connectivity index (χ0) is 14.6. The zero-order valence-corrected chi connectivity index (χ0v) is 13.4. The molecule has 2 aliphatic rings. The van der Waals surface area contributed by atoms with E-state index >= 15 is 0 Å². The molecule has 1 N–H and O–H groups in total. The van der Waals surface area contributed by atoms with E-state index < -0.39 is 10.2 Å². The fourth-order valence-corrected chi connectivity index (χ4v) is 4.27. The standard InChI is InChI=1S/C13H27N3O3S/c1-3-7-14-8-4-9-15(2)20(17,18)16-10-12-5-6-13(11-16)19-12/h12-14H,3-11H2,1-2H3. The number of morpholine rings is 1. The number of hydrogen-bond acceptors (Lipinski definition) is 4. The van der Waals surface area contributed by atoms with Crippen molar-refractivity contribution in [1.82, 2.24) is 13.9 Å². The first-order valence-electron chi connectivity index (χ1n) is 7.61. The molecule has 0 aromatic rings. The maximum absolute atomic E-state index is 12.5. The molecule has 0 spiro atoms. The monoisotopic (exact) mass is 305 g/mol. The number of nitrogens with one attached hydrogen (secondary N) is 1. The molecule has 2 bridgehead atoms. The van der Waals surface area contributed by atoms with E-state index in [2.05, 4.69) is 12.2 Å². The van der Waals surface area contributed by atoms with Gasteiger partial charge < -0.3 is 10.1 Å². The summed E-state index contributed by atoms with van der Waals surface area (Å²) in [6.45, 7) is 5.56. The van der Waals surface area contributed by atoms with Crippen LogP contribution in [0, 0.1) is 0 Å². The predicted octanol–water partition coefficient (Wildman–Crippen LogP) is 0.416. The second-order valence-corrected chi connectivity index (χ2v) is 7.74. The average molecular weight is 305 g/mol. The Hall–Kier alpha value is -0.210. The van der Waals surface area contributed by atoms with Crippen LogP contribution in [0.15, 0.2) is 0 Å². The van der Waals surface area contributed by atoms with Crippen LogP contribution < -0.4 is 5.32 Å². The molecule has 2 atom stereocenters. The Bertz CT molecular complexity index is 390. The molecule has 0 aromatic carbocycles. The van der Waals surface area contributed by atoms with Gasteiger partial charge in [-0.3, -0.25) is 0 Å². The summed E-state index contributed by atoms with van der Waals surface area (Å²) >= 11 is 0. The molecule has 0 aliphatic carbocycles. The first kappa shape index (κ1) is 16.2. The summed E-state index contributed by atoms with van der Waals surface area (Å²) in [5.74, 6) is 0. The van der Waals surface area contributed by atoms with Crippen molar-refractivity contribution in [2.24, 2.45) is 0 Å². The van der Waals surface area contributed by atoms with E-state index in [4.69, 9.17) is 4.74 Å². The van der Waals surface area contributed by atoms with E-state index in [0.29, 0.717) is 19.6 Å². The largest absolute Gasteiger partial charge is 0.372 e. The topological polar surface area (TPSA) is 61.9 Å². The van der Waals surface area contributed by atoms with Gasteiger partial charge in [0.1, 0.15) is 0 Å². The number of fused-ring (bicyclic) bond motifs is 2. The summed E-state index contributed by atoms with van der Waals surface area (Å²) in [6, 6.07) is 0. The summed E-state index contributed by atoms with van der Waals surface area (Å²) < 4.78 is 33.8. The molecule has 2 fully saturated rings. The van der Waals surface area contributed by atoms with Gasteiger partial charge in [-0.15, -0.1) is 0 Å². The van der Waals surface area contributed by atoms with Crippen LogP contribution in [0.25, 0.3) is 0 Å². The van der Waals surface area contributed by atoms with E-state index in [-0.39, 0.29) is 12.2 Å². The quantitative estimate of drug-likeness (QED) is 0.660. The summed E-state index contributed by atoms with van der Waals surface area (Å²) in [6.07, 6.45) is 4.12. The highest BCUT2D eigenvalue weighted by molar-refractivity contribution is 7.86. The Labute approximate surface area is 122 Å². The van der Waals surface area contributed by atoms with Crippen molar-refractivity contribution in [2.45, 2.75) is 44.8 Å². The minimum absolute atomic E-state index is 0.100. The molecule has 2 heterocycles. The van der Waals surface area contributed by atoms with E-state index in [0.717, 1.165) is 38.8 Å². The van der Waals surface area contributed by atoms with Crippen molar-refractivity contribution in [3.63, 3.8) is 0 Å². The number of hydrogen-bond donors (Lipinski definition) is 1. The lowest BCUT2D eigenvalue weighted by molar-refractivity contribution is -0.0129. The Morgan fingerprint density at radius 3 is 2.50 bits per heavy atom. The molecule has 2 unspecified atom stereocenters. The molecule has 118 valence electrons. The number of nitrogens with zero attached hydrogens (tertiary/aromatic N) is 2. The summed E-state index contributed by atoms with van der Waals surface area (Å²) in [5, 5.41) is 3.29. The maximum Gasteiger partial charge on any atom is 0.281 e. The highest BCUT2D eigenvalue weighted by atomic mass is 32.2.